The largest absolute Gasteiger partial charge is 0.326 e. The summed E-state index contributed by atoms with van der Waals surface area (Å²) in [7, 11) is 0. The van der Waals surface area contributed by atoms with E-state index < -0.39 is 0 Å². The number of thiophene rings is 1. The number of rotatable bonds is 4. The third-order valence-corrected chi connectivity index (χ3v) is 6.53. The first kappa shape index (κ1) is 19.9. The van der Waals surface area contributed by atoms with Crippen LogP contribution in [0.2, 0.25) is 5.28 Å². The predicted octanol–water partition coefficient (Wildman–Crippen LogP) is 7.40. The Bertz CT molecular complexity index is 1210. The van der Waals surface area contributed by atoms with E-state index in [0.717, 1.165) is 28.3 Å². The van der Waals surface area contributed by atoms with E-state index in [2.05, 4.69) is 87.0 Å². The molecular weight excluding hydrogens is 398 g/mol. The lowest BCUT2D eigenvalue weighted by molar-refractivity contribution is 0.990. The predicted molar refractivity (Wildman–Crippen MR) is 126 cm³/mol. The Labute approximate surface area is 181 Å². The quantitative estimate of drug-likeness (QED) is 0.321. The minimum Gasteiger partial charge on any atom is -0.326 e. The maximum atomic E-state index is 6.36. The number of aromatic nitrogens is 2. The summed E-state index contributed by atoms with van der Waals surface area (Å²) >= 11 is 8.03. The van der Waals surface area contributed by atoms with Gasteiger partial charge in [0, 0.05) is 22.7 Å². The van der Waals surface area contributed by atoms with Gasteiger partial charge in [0.15, 0.2) is 0 Å². The smallest absolute Gasteiger partial charge is 0.225 e. The Hall–Kier alpha value is -2.43. The second-order valence-corrected chi connectivity index (χ2v) is 8.95. The molecule has 0 atom stereocenters. The molecule has 2 aromatic carbocycles. The average Bonchev–Trinajstić information content (AvgIpc) is 3.00. The molecule has 0 N–H and O–H groups in total. The van der Waals surface area contributed by atoms with Crippen LogP contribution < -0.4 is 4.90 Å². The van der Waals surface area contributed by atoms with E-state index in [1.54, 1.807) is 11.3 Å². The van der Waals surface area contributed by atoms with Gasteiger partial charge in [0.25, 0.3) is 0 Å². The van der Waals surface area contributed by atoms with Gasteiger partial charge in [-0.05, 0) is 80.6 Å². The van der Waals surface area contributed by atoms with E-state index in [4.69, 9.17) is 16.6 Å². The zero-order valence-corrected chi connectivity index (χ0v) is 18.9. The Balaban J connectivity index is 2.02. The maximum Gasteiger partial charge on any atom is 0.225 e. The molecule has 0 saturated carbocycles. The van der Waals surface area contributed by atoms with Gasteiger partial charge in [0.2, 0.25) is 5.28 Å². The van der Waals surface area contributed by atoms with Crippen molar-refractivity contribution >= 4 is 44.7 Å². The first-order valence-electron chi connectivity index (χ1n) is 9.77. The van der Waals surface area contributed by atoms with Crippen molar-refractivity contribution in [2.45, 2.75) is 34.6 Å². The molecule has 3 nitrogen and oxygen atoms in total. The van der Waals surface area contributed by atoms with Crippen LogP contribution in [0.3, 0.4) is 0 Å². The normalized spacial score (nSPS) is 11.2. The van der Waals surface area contributed by atoms with Crippen molar-refractivity contribution < 1.29 is 0 Å². The molecule has 0 radical (unpaired) electrons. The molecule has 2 heterocycles. The number of anilines is 2. The molecule has 0 unspecified atom stereocenters. The summed E-state index contributed by atoms with van der Waals surface area (Å²) in [5, 5.41) is 1.36. The number of benzene rings is 2. The standard InChI is InChI=1S/C24H24ClN3S/c1-6-28(19-9-7-8-14(2)12-19)22-21-20(18-11-10-15(3)16(4)13-18)17(5)29-23(21)27-24(25)26-22/h7-13H,6H2,1-5H3. The summed E-state index contributed by atoms with van der Waals surface area (Å²) < 4.78 is 0. The van der Waals surface area contributed by atoms with Gasteiger partial charge in [-0.15, -0.1) is 11.3 Å². The highest BCUT2D eigenvalue weighted by atomic mass is 35.5. The topological polar surface area (TPSA) is 29.0 Å². The molecule has 0 aliphatic heterocycles. The van der Waals surface area contributed by atoms with Crippen molar-refractivity contribution in [3.63, 3.8) is 0 Å². The average molecular weight is 422 g/mol. The molecule has 148 valence electrons. The highest BCUT2D eigenvalue weighted by Crippen LogP contribution is 2.44. The van der Waals surface area contributed by atoms with Crippen LogP contribution in [0, 0.1) is 27.7 Å². The zero-order valence-electron chi connectivity index (χ0n) is 17.4. The van der Waals surface area contributed by atoms with Crippen LogP contribution in [0.15, 0.2) is 42.5 Å². The van der Waals surface area contributed by atoms with Crippen LogP contribution in [0.25, 0.3) is 21.3 Å². The van der Waals surface area contributed by atoms with Gasteiger partial charge in [-0.1, -0.05) is 30.3 Å². The number of hydrogen-bond donors (Lipinski definition) is 0. The van der Waals surface area contributed by atoms with Crippen LogP contribution in [0.1, 0.15) is 28.5 Å². The maximum absolute atomic E-state index is 6.36. The monoisotopic (exact) mass is 421 g/mol. The summed E-state index contributed by atoms with van der Waals surface area (Å²) in [6.07, 6.45) is 0. The van der Waals surface area contributed by atoms with Crippen LogP contribution in [0.5, 0.6) is 0 Å². The SMILES string of the molecule is CCN(c1cccc(C)c1)c1nc(Cl)nc2sc(C)c(-c3ccc(C)c(C)c3)c12. The lowest BCUT2D eigenvalue weighted by Gasteiger charge is -2.24. The Kier molecular flexibility index (Phi) is 5.32. The zero-order chi connectivity index (χ0) is 20.7. The third-order valence-electron chi connectivity index (χ3n) is 5.36. The molecule has 4 aromatic rings. The molecule has 4 rings (SSSR count). The summed E-state index contributed by atoms with van der Waals surface area (Å²) in [5.74, 6) is 0.866. The van der Waals surface area contributed by atoms with Gasteiger partial charge in [-0.3, -0.25) is 0 Å². The van der Waals surface area contributed by atoms with E-state index in [-0.39, 0.29) is 5.28 Å². The van der Waals surface area contributed by atoms with E-state index in [1.807, 2.05) is 0 Å². The van der Waals surface area contributed by atoms with Gasteiger partial charge in [-0.2, -0.15) is 4.98 Å². The van der Waals surface area contributed by atoms with Crippen molar-refractivity contribution in [3.8, 4) is 11.1 Å². The molecule has 0 amide bonds. The van der Waals surface area contributed by atoms with E-state index >= 15 is 0 Å². The highest BCUT2D eigenvalue weighted by Gasteiger charge is 2.22. The molecule has 0 bridgehead atoms. The van der Waals surface area contributed by atoms with Gasteiger partial charge in [0.1, 0.15) is 10.6 Å². The Morgan fingerprint density at radius 3 is 2.45 bits per heavy atom. The van der Waals surface area contributed by atoms with Crippen LogP contribution in [-0.2, 0) is 0 Å². The Morgan fingerprint density at radius 2 is 1.76 bits per heavy atom. The van der Waals surface area contributed by atoms with Crippen molar-refractivity contribution in [2.75, 3.05) is 11.4 Å². The first-order valence-corrected chi connectivity index (χ1v) is 11.0. The fourth-order valence-corrected chi connectivity index (χ4v) is 5.01. The number of halogens is 1. The minimum atomic E-state index is 0.284. The van der Waals surface area contributed by atoms with Crippen molar-refractivity contribution in [1.82, 2.24) is 9.97 Å². The molecule has 0 aliphatic rings. The van der Waals surface area contributed by atoms with Gasteiger partial charge >= 0.3 is 0 Å². The van der Waals surface area contributed by atoms with Gasteiger partial charge in [0.05, 0.1) is 5.39 Å². The fourth-order valence-electron chi connectivity index (χ4n) is 3.76. The molecule has 5 heteroatoms. The highest BCUT2D eigenvalue weighted by molar-refractivity contribution is 7.19. The van der Waals surface area contributed by atoms with Crippen molar-refractivity contribution in [1.29, 1.82) is 0 Å². The fraction of sp³-hybridized carbons (Fsp3) is 0.250. The van der Waals surface area contributed by atoms with Crippen LogP contribution in [-0.4, -0.2) is 16.5 Å². The summed E-state index contributed by atoms with van der Waals surface area (Å²) in [4.78, 5) is 13.6. The molecule has 0 spiro atoms. The summed E-state index contributed by atoms with van der Waals surface area (Å²) in [6.45, 7) is 11.5. The lowest BCUT2D eigenvalue weighted by atomic mass is 9.99. The minimum absolute atomic E-state index is 0.284. The molecule has 0 aliphatic carbocycles. The van der Waals surface area contributed by atoms with Crippen LogP contribution in [0.4, 0.5) is 11.5 Å². The Morgan fingerprint density at radius 1 is 0.966 bits per heavy atom. The lowest BCUT2D eigenvalue weighted by Crippen LogP contribution is -2.18. The van der Waals surface area contributed by atoms with Crippen molar-refractivity contribution in [3.05, 3.63) is 69.3 Å². The molecular formula is C24H24ClN3S. The molecule has 0 fully saturated rings. The number of nitrogens with zero attached hydrogens (tertiary/aromatic N) is 3. The molecule has 29 heavy (non-hydrogen) atoms. The van der Waals surface area contributed by atoms with Gasteiger partial charge < -0.3 is 4.90 Å². The van der Waals surface area contributed by atoms with Gasteiger partial charge in [-0.25, -0.2) is 4.98 Å². The summed E-state index contributed by atoms with van der Waals surface area (Å²) in [6, 6.07) is 15.1. The van der Waals surface area contributed by atoms with Crippen molar-refractivity contribution in [2.24, 2.45) is 0 Å². The number of fused-ring (bicyclic) bond motifs is 1. The van der Waals surface area contributed by atoms with E-state index in [1.165, 1.54) is 32.7 Å². The summed E-state index contributed by atoms with van der Waals surface area (Å²) in [5.41, 5.74) is 7.30. The second kappa shape index (κ2) is 7.77. The number of aryl methyl sites for hydroxylation is 4. The number of hydrogen-bond acceptors (Lipinski definition) is 4. The second-order valence-electron chi connectivity index (χ2n) is 7.41. The molecule has 0 saturated heterocycles. The first-order chi connectivity index (χ1) is 13.9. The van der Waals surface area contributed by atoms with E-state index in [0.29, 0.717) is 0 Å². The third kappa shape index (κ3) is 3.63. The van der Waals surface area contributed by atoms with E-state index in [9.17, 15) is 0 Å². The molecule has 2 aromatic heterocycles. The van der Waals surface area contributed by atoms with Crippen LogP contribution >= 0.6 is 22.9 Å².